The largest absolute Gasteiger partial charge is 0.393 e. The number of ether oxygens (including phenoxy) is 1. The van der Waals surface area contributed by atoms with Gasteiger partial charge in [0.25, 0.3) is 0 Å². The number of aromatic nitrogens is 4. The van der Waals surface area contributed by atoms with E-state index in [1.54, 1.807) is 20.9 Å². The summed E-state index contributed by atoms with van der Waals surface area (Å²) in [7, 11) is 1.63. The monoisotopic (exact) mass is 382 g/mol. The van der Waals surface area contributed by atoms with Crippen molar-refractivity contribution in [1.29, 1.82) is 0 Å². The van der Waals surface area contributed by atoms with E-state index in [1.807, 2.05) is 0 Å². The average molecular weight is 382 g/mol. The fraction of sp³-hybridized carbons (Fsp3) is 0.625. The first-order valence-electron chi connectivity index (χ1n) is 8.56. The van der Waals surface area contributed by atoms with Gasteiger partial charge in [-0.1, -0.05) is 13.8 Å². The SMILES string of the molecule is CNc1nc(NC(=O)C(C)C)nc2c1ncn2[C@@H]1OC(C)(CO)[C@@H](O)[C@@H]1F. The zero-order chi connectivity index (χ0) is 19.9. The van der Waals surface area contributed by atoms with Gasteiger partial charge in [0.2, 0.25) is 11.9 Å². The summed E-state index contributed by atoms with van der Waals surface area (Å²) in [6.07, 6.45) is -3.24. The molecule has 27 heavy (non-hydrogen) atoms. The molecule has 0 bridgehead atoms. The van der Waals surface area contributed by atoms with Gasteiger partial charge in [0, 0.05) is 13.0 Å². The average Bonchev–Trinajstić information content (AvgIpc) is 3.16. The van der Waals surface area contributed by atoms with Crippen LogP contribution < -0.4 is 10.6 Å². The van der Waals surface area contributed by atoms with E-state index in [9.17, 15) is 19.4 Å². The Morgan fingerprint density at radius 3 is 2.74 bits per heavy atom. The van der Waals surface area contributed by atoms with E-state index >= 15 is 0 Å². The maximum atomic E-state index is 14.7. The number of nitrogens with zero attached hydrogens (tertiary/aromatic N) is 4. The molecule has 1 aliphatic rings. The molecule has 3 rings (SSSR count). The first kappa shape index (κ1) is 19.4. The first-order chi connectivity index (χ1) is 12.7. The highest BCUT2D eigenvalue weighted by Crippen LogP contribution is 2.40. The summed E-state index contributed by atoms with van der Waals surface area (Å²) in [6.45, 7) is 4.33. The number of alkyl halides is 1. The van der Waals surface area contributed by atoms with Crippen molar-refractivity contribution in [2.75, 3.05) is 24.3 Å². The number of rotatable bonds is 5. The molecule has 0 spiro atoms. The Kier molecular flexibility index (Phi) is 5.02. The quantitative estimate of drug-likeness (QED) is 0.585. The number of fused-ring (bicyclic) bond motifs is 1. The zero-order valence-corrected chi connectivity index (χ0v) is 15.5. The number of aliphatic hydroxyl groups is 2. The van der Waals surface area contributed by atoms with Crippen molar-refractivity contribution in [2.24, 2.45) is 5.92 Å². The topological polar surface area (TPSA) is 134 Å². The van der Waals surface area contributed by atoms with Crippen LogP contribution >= 0.6 is 0 Å². The van der Waals surface area contributed by atoms with Gasteiger partial charge in [-0.15, -0.1) is 0 Å². The Labute approximate surface area is 154 Å². The second-order valence-electron chi connectivity index (χ2n) is 6.98. The summed E-state index contributed by atoms with van der Waals surface area (Å²) >= 11 is 0. The molecule has 0 saturated carbocycles. The van der Waals surface area contributed by atoms with Gasteiger partial charge in [0.15, 0.2) is 29.4 Å². The van der Waals surface area contributed by atoms with Gasteiger partial charge in [-0.05, 0) is 6.92 Å². The maximum absolute atomic E-state index is 14.7. The number of amides is 1. The molecule has 1 unspecified atom stereocenters. The summed E-state index contributed by atoms with van der Waals surface area (Å²) in [5, 5.41) is 25.0. The standard InChI is InChI=1S/C16H23FN6O4/c1-7(2)13(26)22-15-20-11(18-4)9-12(21-15)23(6-19-9)14-8(17)10(25)16(3,5-24)27-14/h6-8,10,14,24-25H,5H2,1-4H3,(H2,18,20,21,22,26)/t8-,10-,14+,16?/m0/s1. The second-order valence-corrected chi connectivity index (χ2v) is 6.98. The highest BCUT2D eigenvalue weighted by Gasteiger charge is 2.53. The minimum Gasteiger partial charge on any atom is -0.393 e. The van der Waals surface area contributed by atoms with Crippen LogP contribution in [0.25, 0.3) is 11.2 Å². The van der Waals surface area contributed by atoms with Crippen molar-refractivity contribution < 1.29 is 24.1 Å². The van der Waals surface area contributed by atoms with E-state index < -0.39 is 30.7 Å². The fourth-order valence-corrected chi connectivity index (χ4v) is 2.83. The molecule has 0 aliphatic carbocycles. The lowest BCUT2D eigenvalue weighted by atomic mass is 9.99. The van der Waals surface area contributed by atoms with E-state index in [1.165, 1.54) is 17.8 Å². The number of carbonyl (C=O) groups is 1. The van der Waals surface area contributed by atoms with Crippen LogP contribution in [-0.4, -0.2) is 67.2 Å². The smallest absolute Gasteiger partial charge is 0.233 e. The zero-order valence-electron chi connectivity index (χ0n) is 15.5. The highest BCUT2D eigenvalue weighted by molar-refractivity contribution is 5.92. The van der Waals surface area contributed by atoms with Gasteiger partial charge in [-0.3, -0.25) is 14.7 Å². The Bertz CT molecular complexity index is 859. The molecule has 10 nitrogen and oxygen atoms in total. The lowest BCUT2D eigenvalue weighted by Crippen LogP contribution is -2.42. The van der Waals surface area contributed by atoms with Crippen molar-refractivity contribution in [1.82, 2.24) is 19.5 Å². The predicted molar refractivity (Wildman–Crippen MR) is 94.9 cm³/mol. The maximum Gasteiger partial charge on any atom is 0.233 e. The molecule has 148 valence electrons. The summed E-state index contributed by atoms with van der Waals surface area (Å²) < 4.78 is 21.6. The first-order valence-corrected chi connectivity index (χ1v) is 8.56. The van der Waals surface area contributed by atoms with E-state index in [0.717, 1.165) is 0 Å². The Balaban J connectivity index is 2.06. The van der Waals surface area contributed by atoms with Crippen molar-refractivity contribution in [3.8, 4) is 0 Å². The van der Waals surface area contributed by atoms with Crippen molar-refractivity contribution >= 4 is 28.8 Å². The minimum absolute atomic E-state index is 0.0335. The van der Waals surface area contributed by atoms with E-state index in [0.29, 0.717) is 11.3 Å². The number of carbonyl (C=O) groups excluding carboxylic acids is 1. The fourth-order valence-electron chi connectivity index (χ4n) is 2.83. The third-order valence-electron chi connectivity index (χ3n) is 4.60. The number of hydrogen-bond donors (Lipinski definition) is 4. The van der Waals surface area contributed by atoms with Crippen LogP contribution in [0.3, 0.4) is 0 Å². The summed E-state index contributed by atoms with van der Waals surface area (Å²) in [5.74, 6) is -0.171. The molecule has 1 aliphatic heterocycles. The normalized spacial score (nSPS) is 28.1. The van der Waals surface area contributed by atoms with Crippen LogP contribution in [0.4, 0.5) is 16.2 Å². The van der Waals surface area contributed by atoms with Crippen LogP contribution in [0.5, 0.6) is 0 Å². The van der Waals surface area contributed by atoms with Crippen LogP contribution in [-0.2, 0) is 9.53 Å². The molecule has 4 atom stereocenters. The van der Waals surface area contributed by atoms with Gasteiger partial charge < -0.3 is 20.3 Å². The number of aliphatic hydroxyl groups excluding tert-OH is 2. The molecule has 2 aromatic heterocycles. The number of hydrogen-bond acceptors (Lipinski definition) is 8. The van der Waals surface area contributed by atoms with Gasteiger partial charge in [0.1, 0.15) is 11.7 Å². The molecular weight excluding hydrogens is 359 g/mol. The Morgan fingerprint density at radius 1 is 1.48 bits per heavy atom. The summed E-state index contributed by atoms with van der Waals surface area (Å²) in [5.41, 5.74) is -0.882. The molecule has 1 amide bonds. The van der Waals surface area contributed by atoms with Crippen molar-refractivity contribution in [3.63, 3.8) is 0 Å². The minimum atomic E-state index is -1.80. The Hall–Kier alpha value is -2.37. The number of imidazole rings is 1. The van der Waals surface area contributed by atoms with Gasteiger partial charge in [-0.25, -0.2) is 9.37 Å². The second kappa shape index (κ2) is 6.98. The van der Waals surface area contributed by atoms with Gasteiger partial charge in [0.05, 0.1) is 12.9 Å². The molecule has 2 aromatic rings. The lowest BCUT2D eigenvalue weighted by molar-refractivity contribution is -0.118. The third kappa shape index (κ3) is 3.22. The Morgan fingerprint density at radius 2 is 2.19 bits per heavy atom. The van der Waals surface area contributed by atoms with Crippen molar-refractivity contribution in [2.45, 2.75) is 44.9 Å². The van der Waals surface area contributed by atoms with Crippen LogP contribution in [0.1, 0.15) is 27.0 Å². The molecule has 1 fully saturated rings. The molecule has 0 radical (unpaired) electrons. The van der Waals surface area contributed by atoms with Crippen LogP contribution in [0.2, 0.25) is 0 Å². The summed E-state index contributed by atoms with van der Waals surface area (Å²) in [6, 6.07) is 0. The lowest BCUT2D eigenvalue weighted by Gasteiger charge is -2.24. The van der Waals surface area contributed by atoms with Crippen LogP contribution in [0.15, 0.2) is 6.33 Å². The molecule has 4 N–H and O–H groups in total. The highest BCUT2D eigenvalue weighted by atomic mass is 19.1. The van der Waals surface area contributed by atoms with E-state index in [4.69, 9.17) is 4.74 Å². The summed E-state index contributed by atoms with van der Waals surface area (Å²) in [4.78, 5) is 24.6. The van der Waals surface area contributed by atoms with E-state index in [2.05, 4.69) is 25.6 Å². The predicted octanol–water partition coefficient (Wildman–Crippen LogP) is 0.441. The van der Waals surface area contributed by atoms with Gasteiger partial charge >= 0.3 is 0 Å². The molecular formula is C16H23FN6O4. The molecule has 11 heteroatoms. The van der Waals surface area contributed by atoms with Crippen LogP contribution in [0, 0.1) is 5.92 Å². The number of halogens is 1. The number of anilines is 2. The van der Waals surface area contributed by atoms with E-state index in [-0.39, 0.29) is 23.4 Å². The molecule has 0 aromatic carbocycles. The third-order valence-corrected chi connectivity index (χ3v) is 4.60. The number of nitrogens with one attached hydrogen (secondary N) is 2. The molecule has 3 heterocycles. The van der Waals surface area contributed by atoms with Gasteiger partial charge in [-0.2, -0.15) is 9.97 Å². The van der Waals surface area contributed by atoms with Crippen molar-refractivity contribution in [3.05, 3.63) is 6.33 Å². The molecule has 1 saturated heterocycles.